The largest absolute Gasteiger partial charge is 0.394 e. The summed E-state index contributed by atoms with van der Waals surface area (Å²) in [4.78, 5) is 29.0. The van der Waals surface area contributed by atoms with E-state index in [1.165, 1.54) is 0 Å². The maximum Gasteiger partial charge on any atom is 0.226 e. The Balaban J connectivity index is 1.25. The third kappa shape index (κ3) is 6.50. The van der Waals surface area contributed by atoms with Crippen molar-refractivity contribution in [3.05, 3.63) is 84.7 Å². The molecule has 34 heavy (non-hydrogen) atoms. The number of aromatic nitrogens is 1. The van der Waals surface area contributed by atoms with E-state index in [9.17, 15) is 14.7 Å². The van der Waals surface area contributed by atoms with Crippen molar-refractivity contribution in [3.8, 4) is 11.1 Å². The Morgan fingerprint density at radius 1 is 0.941 bits per heavy atom. The van der Waals surface area contributed by atoms with Gasteiger partial charge in [-0.1, -0.05) is 48.5 Å². The quantitative estimate of drug-likeness (QED) is 0.480. The van der Waals surface area contributed by atoms with Gasteiger partial charge >= 0.3 is 0 Å². The van der Waals surface area contributed by atoms with Gasteiger partial charge in [-0.2, -0.15) is 0 Å². The molecule has 1 fully saturated rings. The second kappa shape index (κ2) is 11.5. The molecular formula is C27H29N3O4. The number of aliphatic hydroxyl groups is 1. The highest BCUT2D eigenvalue weighted by atomic mass is 16.5. The van der Waals surface area contributed by atoms with E-state index in [-0.39, 0.29) is 43.4 Å². The maximum absolute atomic E-state index is 12.6. The number of hydrogen-bond donors (Lipinski definition) is 3. The first-order valence-corrected chi connectivity index (χ1v) is 11.5. The van der Waals surface area contributed by atoms with Crippen LogP contribution in [0.25, 0.3) is 11.1 Å². The van der Waals surface area contributed by atoms with E-state index >= 15 is 0 Å². The van der Waals surface area contributed by atoms with Gasteiger partial charge in [0.1, 0.15) is 6.10 Å². The number of carbonyl (C=O) groups excluding carboxylic acids is 2. The molecule has 1 aromatic heterocycles. The minimum atomic E-state index is -0.547. The monoisotopic (exact) mass is 459 g/mol. The van der Waals surface area contributed by atoms with Gasteiger partial charge in [0.15, 0.2) is 0 Å². The summed E-state index contributed by atoms with van der Waals surface area (Å²) in [5.74, 6) is -0.289. The molecule has 1 saturated heterocycles. The van der Waals surface area contributed by atoms with Crippen molar-refractivity contribution in [2.24, 2.45) is 0 Å². The second-order valence-electron chi connectivity index (χ2n) is 8.46. The van der Waals surface area contributed by atoms with E-state index in [4.69, 9.17) is 4.74 Å². The molecule has 3 N–H and O–H groups in total. The van der Waals surface area contributed by atoms with Gasteiger partial charge in [0.05, 0.1) is 31.6 Å². The summed E-state index contributed by atoms with van der Waals surface area (Å²) in [6.07, 6.45) is 4.12. The molecule has 1 aliphatic rings. The van der Waals surface area contributed by atoms with Crippen LogP contribution < -0.4 is 10.6 Å². The van der Waals surface area contributed by atoms with E-state index in [1.54, 1.807) is 18.5 Å². The van der Waals surface area contributed by atoms with Crippen LogP contribution in [0.4, 0.5) is 5.69 Å². The number of carbonyl (C=O) groups is 2. The lowest BCUT2D eigenvalue weighted by molar-refractivity contribution is -0.133. The molecule has 4 rings (SSSR count). The van der Waals surface area contributed by atoms with Gasteiger partial charge in [-0.05, 0) is 47.7 Å². The predicted molar refractivity (Wildman–Crippen MR) is 130 cm³/mol. The Bertz CT molecular complexity index is 1070. The van der Waals surface area contributed by atoms with Crippen molar-refractivity contribution in [1.29, 1.82) is 0 Å². The van der Waals surface area contributed by atoms with Crippen LogP contribution in [0.15, 0.2) is 79.1 Å². The highest BCUT2D eigenvalue weighted by Crippen LogP contribution is 2.24. The third-order valence-corrected chi connectivity index (χ3v) is 5.92. The third-order valence-electron chi connectivity index (χ3n) is 5.92. The Hall–Kier alpha value is -3.55. The molecule has 2 aromatic carbocycles. The van der Waals surface area contributed by atoms with Crippen LogP contribution in [0.2, 0.25) is 0 Å². The van der Waals surface area contributed by atoms with Gasteiger partial charge in [-0.15, -0.1) is 0 Å². The molecule has 0 bridgehead atoms. The Labute approximate surface area is 199 Å². The maximum atomic E-state index is 12.6. The van der Waals surface area contributed by atoms with Gasteiger partial charge in [0.25, 0.3) is 0 Å². The smallest absolute Gasteiger partial charge is 0.226 e. The molecule has 0 unspecified atom stereocenters. The molecule has 2 heterocycles. The first-order chi connectivity index (χ1) is 16.6. The van der Waals surface area contributed by atoms with Crippen molar-refractivity contribution < 1.29 is 19.4 Å². The molecule has 2 amide bonds. The number of amides is 2. The number of anilines is 1. The van der Waals surface area contributed by atoms with Crippen LogP contribution in [-0.2, 0) is 20.7 Å². The van der Waals surface area contributed by atoms with Crippen LogP contribution in [0, 0.1) is 0 Å². The minimum absolute atomic E-state index is 0.143. The van der Waals surface area contributed by atoms with Crippen molar-refractivity contribution in [3.63, 3.8) is 0 Å². The molecule has 0 saturated carbocycles. The van der Waals surface area contributed by atoms with Gasteiger partial charge in [0, 0.05) is 18.1 Å². The molecule has 0 spiro atoms. The zero-order valence-corrected chi connectivity index (χ0v) is 18.9. The van der Waals surface area contributed by atoms with Crippen molar-refractivity contribution in [2.45, 2.75) is 43.9 Å². The number of benzene rings is 2. The fourth-order valence-electron chi connectivity index (χ4n) is 4.19. The van der Waals surface area contributed by atoms with E-state index in [1.807, 2.05) is 60.7 Å². The summed E-state index contributed by atoms with van der Waals surface area (Å²) < 4.78 is 5.95. The average molecular weight is 460 g/mol. The summed E-state index contributed by atoms with van der Waals surface area (Å²) in [6, 6.07) is 21.1. The van der Waals surface area contributed by atoms with Crippen molar-refractivity contribution in [2.75, 3.05) is 11.9 Å². The Morgan fingerprint density at radius 2 is 1.71 bits per heavy atom. The molecule has 7 heteroatoms. The van der Waals surface area contributed by atoms with Crippen molar-refractivity contribution >= 4 is 17.5 Å². The van der Waals surface area contributed by atoms with E-state index in [0.717, 1.165) is 22.4 Å². The van der Waals surface area contributed by atoms with Crippen LogP contribution in [0.5, 0.6) is 0 Å². The number of hydrogen-bond acceptors (Lipinski definition) is 5. The van der Waals surface area contributed by atoms with E-state index < -0.39 is 6.10 Å². The highest BCUT2D eigenvalue weighted by Gasteiger charge is 2.32. The summed E-state index contributed by atoms with van der Waals surface area (Å²) in [6.45, 7) is -0.225. The predicted octanol–water partition coefficient (Wildman–Crippen LogP) is 3.34. The van der Waals surface area contributed by atoms with Crippen LogP contribution in [-0.4, -0.2) is 46.8 Å². The van der Waals surface area contributed by atoms with E-state index in [2.05, 4.69) is 15.6 Å². The average Bonchev–Trinajstić information content (AvgIpc) is 2.86. The fraction of sp³-hybridized carbons (Fsp3) is 0.296. The first kappa shape index (κ1) is 23.6. The molecular weight excluding hydrogens is 430 g/mol. The molecule has 7 nitrogen and oxygen atoms in total. The fourth-order valence-corrected chi connectivity index (χ4v) is 4.19. The van der Waals surface area contributed by atoms with Crippen molar-refractivity contribution in [1.82, 2.24) is 10.3 Å². The number of nitrogens with one attached hydrogen (secondary N) is 2. The summed E-state index contributed by atoms with van der Waals surface area (Å²) in [7, 11) is 0. The lowest BCUT2D eigenvalue weighted by Gasteiger charge is -2.36. The van der Waals surface area contributed by atoms with Gasteiger partial charge in [0.2, 0.25) is 11.8 Å². The van der Waals surface area contributed by atoms with Gasteiger partial charge in [-0.25, -0.2) is 0 Å². The molecule has 3 atom stereocenters. The lowest BCUT2D eigenvalue weighted by atomic mass is 9.96. The highest BCUT2D eigenvalue weighted by molar-refractivity contribution is 5.91. The molecule has 3 aromatic rings. The number of pyridine rings is 1. The molecule has 1 aliphatic heterocycles. The summed E-state index contributed by atoms with van der Waals surface area (Å²) in [5, 5.41) is 15.6. The number of nitrogens with zero attached hydrogens (tertiary/aromatic N) is 1. The Morgan fingerprint density at radius 3 is 2.41 bits per heavy atom. The molecule has 0 radical (unpaired) electrons. The van der Waals surface area contributed by atoms with Gasteiger partial charge in [-0.3, -0.25) is 14.6 Å². The SMILES string of the molecule is O=C(C[C@@H]1CC[C@@H](NC(=O)Cc2cccnc2)[C@H](CO)O1)Nc1ccc(-c2ccccc2)cc1. The van der Waals surface area contributed by atoms with Crippen LogP contribution in [0.1, 0.15) is 24.8 Å². The zero-order valence-electron chi connectivity index (χ0n) is 18.9. The van der Waals surface area contributed by atoms with Crippen LogP contribution in [0.3, 0.4) is 0 Å². The number of aliphatic hydroxyl groups excluding tert-OH is 1. The van der Waals surface area contributed by atoms with Gasteiger partial charge < -0.3 is 20.5 Å². The second-order valence-corrected chi connectivity index (χ2v) is 8.46. The Kier molecular flexibility index (Phi) is 8.01. The minimum Gasteiger partial charge on any atom is -0.394 e. The summed E-state index contributed by atoms with van der Waals surface area (Å²) >= 11 is 0. The normalized spacial score (nSPS) is 19.9. The number of ether oxygens (including phenoxy) is 1. The summed E-state index contributed by atoms with van der Waals surface area (Å²) in [5.41, 5.74) is 3.74. The molecule has 0 aliphatic carbocycles. The van der Waals surface area contributed by atoms with Crippen LogP contribution >= 0.6 is 0 Å². The standard InChI is InChI=1S/C27H29N3O4/c31-18-25-24(30-26(32)15-19-5-4-14-28-17-19)13-12-23(34-25)16-27(33)29-22-10-8-21(9-11-22)20-6-2-1-3-7-20/h1-11,14,17,23-25,31H,12-13,15-16,18H2,(H,29,33)(H,30,32)/t23-,24+,25-/m0/s1. The topological polar surface area (TPSA) is 101 Å². The van der Waals surface area contributed by atoms with E-state index in [0.29, 0.717) is 12.8 Å². The first-order valence-electron chi connectivity index (χ1n) is 11.5. The number of rotatable bonds is 8. The molecule has 176 valence electrons. The zero-order chi connectivity index (χ0) is 23.8. The lowest BCUT2D eigenvalue weighted by Crippen LogP contribution is -2.51.